The lowest BCUT2D eigenvalue weighted by Gasteiger charge is -2.34. The quantitative estimate of drug-likeness (QED) is 0.661. The summed E-state index contributed by atoms with van der Waals surface area (Å²) in [6.45, 7) is 1.75. The largest absolute Gasteiger partial charge is 0.483 e. The summed E-state index contributed by atoms with van der Waals surface area (Å²) < 4.78 is 11.4. The molecule has 0 atom stereocenters. The van der Waals surface area contributed by atoms with Crippen LogP contribution in [0.5, 0.6) is 5.75 Å². The van der Waals surface area contributed by atoms with Gasteiger partial charge in [0.25, 0.3) is 5.91 Å². The van der Waals surface area contributed by atoms with Crippen LogP contribution in [-0.2, 0) is 9.53 Å². The van der Waals surface area contributed by atoms with Crippen LogP contribution in [0.4, 0.5) is 0 Å². The van der Waals surface area contributed by atoms with Gasteiger partial charge in [0.2, 0.25) is 0 Å². The Hall–Kier alpha value is -1.77. The molecule has 1 aliphatic carbocycles. The Labute approximate surface area is 172 Å². The third kappa shape index (κ3) is 5.62. The molecule has 2 fully saturated rings. The predicted molar refractivity (Wildman–Crippen MR) is 109 cm³/mol. The Kier molecular flexibility index (Phi) is 8.00. The monoisotopic (exact) mass is 404 g/mol. The number of benzene rings is 1. The highest BCUT2D eigenvalue weighted by molar-refractivity contribution is 6.30. The van der Waals surface area contributed by atoms with Crippen molar-refractivity contribution < 1.29 is 14.3 Å². The fourth-order valence-corrected chi connectivity index (χ4v) is 4.46. The highest BCUT2D eigenvalue weighted by Gasteiger charge is 2.26. The minimum atomic E-state index is -0.0632. The highest BCUT2D eigenvalue weighted by Crippen LogP contribution is 2.38. The van der Waals surface area contributed by atoms with E-state index in [1.807, 2.05) is 23.1 Å². The minimum absolute atomic E-state index is 0.00978. The summed E-state index contributed by atoms with van der Waals surface area (Å²) in [6, 6.07) is 7.96. The molecule has 1 aromatic carbocycles. The molecule has 2 aliphatic rings. The number of carbonyl (C=O) groups is 1. The summed E-state index contributed by atoms with van der Waals surface area (Å²) in [5, 5.41) is 9.66. The number of nitriles is 1. The highest BCUT2D eigenvalue weighted by atomic mass is 35.5. The summed E-state index contributed by atoms with van der Waals surface area (Å²) in [7, 11) is 0. The van der Waals surface area contributed by atoms with Crippen LogP contribution in [0.25, 0.3) is 0 Å². The van der Waals surface area contributed by atoms with E-state index in [0.29, 0.717) is 37.1 Å². The molecule has 0 N–H and O–H groups in total. The zero-order chi connectivity index (χ0) is 19.8. The summed E-state index contributed by atoms with van der Waals surface area (Å²) in [5.41, 5.74) is 1.12. The average Bonchev–Trinajstić information content (AvgIpc) is 2.74. The van der Waals surface area contributed by atoms with E-state index in [1.165, 1.54) is 19.3 Å². The maximum atomic E-state index is 12.9. The second kappa shape index (κ2) is 10.7. The smallest absolute Gasteiger partial charge is 0.260 e. The van der Waals surface area contributed by atoms with Crippen LogP contribution in [0, 0.1) is 11.3 Å². The van der Waals surface area contributed by atoms with Crippen LogP contribution in [-0.4, -0.2) is 43.2 Å². The molecule has 1 aliphatic heterocycles. The van der Waals surface area contributed by atoms with Crippen LogP contribution in [0.15, 0.2) is 18.2 Å². The van der Waals surface area contributed by atoms with Gasteiger partial charge < -0.3 is 14.4 Å². The molecule has 1 saturated heterocycles. The van der Waals surface area contributed by atoms with Gasteiger partial charge in [0, 0.05) is 30.8 Å². The minimum Gasteiger partial charge on any atom is -0.483 e. The third-order valence-corrected chi connectivity index (χ3v) is 6.02. The zero-order valence-electron chi connectivity index (χ0n) is 16.4. The number of halogens is 1. The molecule has 0 aromatic heterocycles. The van der Waals surface area contributed by atoms with E-state index in [4.69, 9.17) is 26.3 Å². The van der Waals surface area contributed by atoms with E-state index in [2.05, 4.69) is 6.07 Å². The molecule has 5 nitrogen and oxygen atoms in total. The standard InChI is InChI=1S/C22H29ClN2O3/c23-18-7-8-21(20(15-18)17-5-2-1-3-6-17)28-16-22(26)25(12-4-11-24)19-9-13-27-14-10-19/h7-8,15,17,19H,1-6,9-10,12-14,16H2. The molecule has 0 radical (unpaired) electrons. The fraction of sp³-hybridized carbons (Fsp3) is 0.636. The first-order valence-corrected chi connectivity index (χ1v) is 10.7. The lowest BCUT2D eigenvalue weighted by Crippen LogP contribution is -2.45. The lowest BCUT2D eigenvalue weighted by atomic mass is 9.84. The zero-order valence-corrected chi connectivity index (χ0v) is 17.1. The third-order valence-electron chi connectivity index (χ3n) is 5.78. The molecule has 152 valence electrons. The maximum absolute atomic E-state index is 12.9. The maximum Gasteiger partial charge on any atom is 0.260 e. The van der Waals surface area contributed by atoms with Crippen molar-refractivity contribution in [2.24, 2.45) is 0 Å². The van der Waals surface area contributed by atoms with Crippen molar-refractivity contribution >= 4 is 17.5 Å². The normalized spacial score (nSPS) is 18.4. The van der Waals surface area contributed by atoms with Crippen LogP contribution >= 0.6 is 11.6 Å². The van der Waals surface area contributed by atoms with Gasteiger partial charge in [-0.05, 0) is 55.4 Å². The molecule has 1 saturated carbocycles. The lowest BCUT2D eigenvalue weighted by molar-refractivity contribution is -0.137. The van der Waals surface area contributed by atoms with Gasteiger partial charge in [-0.2, -0.15) is 5.26 Å². The molecule has 0 unspecified atom stereocenters. The fourth-order valence-electron chi connectivity index (χ4n) is 4.28. The van der Waals surface area contributed by atoms with Crippen molar-refractivity contribution in [2.45, 2.75) is 63.3 Å². The van der Waals surface area contributed by atoms with Gasteiger partial charge in [0.15, 0.2) is 6.61 Å². The summed E-state index contributed by atoms with van der Waals surface area (Å²) in [4.78, 5) is 14.7. The molecule has 1 aromatic rings. The number of nitrogens with zero attached hydrogens (tertiary/aromatic N) is 2. The van der Waals surface area contributed by atoms with Gasteiger partial charge in [0.05, 0.1) is 12.5 Å². The van der Waals surface area contributed by atoms with E-state index < -0.39 is 0 Å². The second-order valence-corrected chi connectivity index (χ2v) is 8.08. The molecule has 1 amide bonds. The summed E-state index contributed by atoms with van der Waals surface area (Å²) in [6.07, 6.45) is 7.96. The van der Waals surface area contributed by atoms with E-state index in [0.717, 1.165) is 37.0 Å². The van der Waals surface area contributed by atoms with Gasteiger partial charge in [-0.1, -0.05) is 30.9 Å². The first kappa shape index (κ1) is 21.0. The van der Waals surface area contributed by atoms with Gasteiger partial charge in [-0.3, -0.25) is 4.79 Å². The van der Waals surface area contributed by atoms with Crippen molar-refractivity contribution in [3.8, 4) is 11.8 Å². The topological polar surface area (TPSA) is 62.6 Å². The first-order chi connectivity index (χ1) is 13.7. The Morgan fingerprint density at radius 2 is 1.96 bits per heavy atom. The molecular weight excluding hydrogens is 376 g/mol. The van der Waals surface area contributed by atoms with Gasteiger partial charge in [0.1, 0.15) is 5.75 Å². The van der Waals surface area contributed by atoms with Crippen molar-refractivity contribution in [1.82, 2.24) is 4.90 Å². The number of amides is 1. The predicted octanol–water partition coefficient (Wildman–Crippen LogP) is 4.69. The van der Waals surface area contributed by atoms with E-state index in [-0.39, 0.29) is 18.6 Å². The molecule has 0 bridgehead atoms. The Morgan fingerprint density at radius 1 is 1.21 bits per heavy atom. The SMILES string of the molecule is N#CCCN(C(=O)COc1ccc(Cl)cc1C1CCCCC1)C1CCOCC1. The van der Waals surface area contributed by atoms with Crippen molar-refractivity contribution in [2.75, 3.05) is 26.4 Å². The second-order valence-electron chi connectivity index (χ2n) is 7.64. The molecule has 28 heavy (non-hydrogen) atoms. The van der Waals surface area contributed by atoms with Gasteiger partial charge in [-0.15, -0.1) is 0 Å². The molecular formula is C22H29ClN2O3. The van der Waals surface area contributed by atoms with Crippen LogP contribution in [0.2, 0.25) is 5.02 Å². The Balaban J connectivity index is 1.67. The Bertz CT molecular complexity index is 692. The van der Waals surface area contributed by atoms with Gasteiger partial charge in [-0.25, -0.2) is 0 Å². The number of rotatable bonds is 7. The van der Waals surface area contributed by atoms with Crippen molar-refractivity contribution in [3.63, 3.8) is 0 Å². The van der Waals surface area contributed by atoms with Crippen molar-refractivity contribution in [1.29, 1.82) is 5.26 Å². The van der Waals surface area contributed by atoms with E-state index >= 15 is 0 Å². The van der Waals surface area contributed by atoms with Crippen molar-refractivity contribution in [3.05, 3.63) is 28.8 Å². The summed E-state index contributed by atoms with van der Waals surface area (Å²) >= 11 is 6.23. The number of ether oxygens (including phenoxy) is 2. The van der Waals surface area contributed by atoms with E-state index in [1.54, 1.807) is 0 Å². The Morgan fingerprint density at radius 3 is 2.68 bits per heavy atom. The van der Waals surface area contributed by atoms with Crippen LogP contribution in [0.3, 0.4) is 0 Å². The molecule has 1 heterocycles. The number of hydrogen-bond donors (Lipinski definition) is 0. The first-order valence-electron chi connectivity index (χ1n) is 10.4. The average molecular weight is 405 g/mol. The molecule has 0 spiro atoms. The van der Waals surface area contributed by atoms with E-state index in [9.17, 15) is 4.79 Å². The number of hydrogen-bond acceptors (Lipinski definition) is 4. The van der Waals surface area contributed by atoms with Crippen LogP contribution in [0.1, 0.15) is 62.8 Å². The summed E-state index contributed by atoms with van der Waals surface area (Å²) in [5.74, 6) is 1.14. The molecule has 6 heteroatoms. The molecule has 3 rings (SSSR count). The van der Waals surface area contributed by atoms with Gasteiger partial charge >= 0.3 is 0 Å². The van der Waals surface area contributed by atoms with Crippen LogP contribution < -0.4 is 4.74 Å². The number of carbonyl (C=O) groups excluding carboxylic acids is 1.